The summed E-state index contributed by atoms with van der Waals surface area (Å²) >= 11 is 1.36. The van der Waals surface area contributed by atoms with E-state index in [1.807, 2.05) is 32.0 Å². The molecule has 128 valence electrons. The quantitative estimate of drug-likeness (QED) is 0.373. The van der Waals surface area contributed by atoms with Gasteiger partial charge in [-0.1, -0.05) is 47.2 Å². The zero-order chi connectivity index (χ0) is 17.6. The first kappa shape index (κ1) is 17.2. The van der Waals surface area contributed by atoms with Crippen LogP contribution >= 0.6 is 11.8 Å². The molecular weight excluding hydrogens is 336 g/mol. The summed E-state index contributed by atoms with van der Waals surface area (Å²) in [6.07, 6.45) is 0. The first-order chi connectivity index (χ1) is 12.1. The topological polar surface area (TPSA) is 65.2 Å². The van der Waals surface area contributed by atoms with E-state index in [0.717, 1.165) is 16.7 Å². The molecule has 6 heteroatoms. The van der Waals surface area contributed by atoms with Crippen LogP contribution in [0.5, 0.6) is 0 Å². The minimum absolute atomic E-state index is 0.277. The predicted octanol–water partition coefficient (Wildman–Crippen LogP) is 4.30. The molecule has 1 heterocycles. The first-order valence-corrected chi connectivity index (χ1v) is 8.87. The zero-order valence-corrected chi connectivity index (χ0v) is 14.9. The van der Waals surface area contributed by atoms with Gasteiger partial charge in [0.05, 0.1) is 5.56 Å². The summed E-state index contributed by atoms with van der Waals surface area (Å²) in [5, 5.41) is 8.58. The van der Waals surface area contributed by atoms with Crippen LogP contribution in [0.2, 0.25) is 0 Å². The van der Waals surface area contributed by atoms with Crippen LogP contribution in [0.1, 0.15) is 21.5 Å². The van der Waals surface area contributed by atoms with Crippen molar-refractivity contribution in [2.24, 2.45) is 0 Å². The largest absolute Gasteiger partial charge is 0.461 e. The van der Waals surface area contributed by atoms with Crippen LogP contribution in [0.25, 0.3) is 11.5 Å². The SMILES string of the molecule is Cc1cc(C)cc(-c2nnc(SCCOC(=O)c3ccccc3)o2)c1. The van der Waals surface area contributed by atoms with Crippen molar-refractivity contribution in [1.29, 1.82) is 0 Å². The Morgan fingerprint density at radius 2 is 1.80 bits per heavy atom. The lowest BCUT2D eigenvalue weighted by molar-refractivity contribution is 0.0530. The molecule has 3 rings (SSSR count). The summed E-state index contributed by atoms with van der Waals surface area (Å²) in [6, 6.07) is 15.0. The number of carbonyl (C=O) groups excluding carboxylic acids is 1. The number of carbonyl (C=O) groups is 1. The van der Waals surface area contributed by atoms with Gasteiger partial charge in [0.25, 0.3) is 5.22 Å². The van der Waals surface area contributed by atoms with Gasteiger partial charge in [0, 0.05) is 11.3 Å². The lowest BCUT2D eigenvalue weighted by Crippen LogP contribution is -2.07. The molecule has 0 aliphatic rings. The van der Waals surface area contributed by atoms with Crippen LogP contribution in [-0.4, -0.2) is 28.5 Å². The third-order valence-electron chi connectivity index (χ3n) is 3.43. The molecule has 0 unspecified atom stereocenters. The van der Waals surface area contributed by atoms with E-state index >= 15 is 0 Å². The maximum absolute atomic E-state index is 11.8. The number of esters is 1. The molecule has 25 heavy (non-hydrogen) atoms. The molecule has 5 nitrogen and oxygen atoms in total. The van der Waals surface area contributed by atoms with Crippen molar-refractivity contribution in [3.8, 4) is 11.5 Å². The average molecular weight is 354 g/mol. The molecule has 0 amide bonds. The highest BCUT2D eigenvalue weighted by Crippen LogP contribution is 2.24. The predicted molar refractivity (Wildman–Crippen MR) is 96.7 cm³/mol. The van der Waals surface area contributed by atoms with Crippen LogP contribution in [0.15, 0.2) is 58.2 Å². The highest BCUT2D eigenvalue weighted by Gasteiger charge is 2.11. The molecular formula is C19H18N2O3S. The second-order valence-electron chi connectivity index (χ2n) is 5.60. The normalized spacial score (nSPS) is 10.6. The number of benzene rings is 2. The van der Waals surface area contributed by atoms with E-state index in [0.29, 0.717) is 22.4 Å². The molecule has 0 radical (unpaired) electrons. The average Bonchev–Trinajstić information content (AvgIpc) is 3.07. The van der Waals surface area contributed by atoms with E-state index in [1.54, 1.807) is 24.3 Å². The number of hydrogen-bond donors (Lipinski definition) is 0. The van der Waals surface area contributed by atoms with E-state index < -0.39 is 0 Å². The van der Waals surface area contributed by atoms with Gasteiger partial charge in [-0.25, -0.2) is 4.79 Å². The van der Waals surface area contributed by atoms with Gasteiger partial charge in [-0.2, -0.15) is 0 Å². The fourth-order valence-corrected chi connectivity index (χ4v) is 2.98. The number of aryl methyl sites for hydroxylation is 2. The Bertz CT molecular complexity index is 842. The minimum Gasteiger partial charge on any atom is -0.461 e. The third-order valence-corrected chi connectivity index (χ3v) is 4.21. The summed E-state index contributed by atoms with van der Waals surface area (Å²) in [6.45, 7) is 4.34. The zero-order valence-electron chi connectivity index (χ0n) is 14.1. The number of aromatic nitrogens is 2. The van der Waals surface area contributed by atoms with Crippen molar-refractivity contribution < 1.29 is 13.9 Å². The molecule has 0 N–H and O–H groups in total. The minimum atomic E-state index is -0.331. The smallest absolute Gasteiger partial charge is 0.338 e. The second kappa shape index (κ2) is 7.98. The highest BCUT2D eigenvalue weighted by atomic mass is 32.2. The van der Waals surface area contributed by atoms with Gasteiger partial charge in [-0.3, -0.25) is 0 Å². The van der Waals surface area contributed by atoms with Crippen LogP contribution in [0.3, 0.4) is 0 Å². The van der Waals surface area contributed by atoms with E-state index in [9.17, 15) is 4.79 Å². The van der Waals surface area contributed by atoms with Crippen molar-refractivity contribution in [2.45, 2.75) is 19.1 Å². The molecule has 0 saturated heterocycles. The Morgan fingerprint density at radius 3 is 2.52 bits per heavy atom. The van der Waals surface area contributed by atoms with Crippen LogP contribution in [0.4, 0.5) is 0 Å². The Kier molecular flexibility index (Phi) is 5.50. The Balaban J connectivity index is 1.51. The van der Waals surface area contributed by atoms with Gasteiger partial charge in [0.2, 0.25) is 5.89 Å². The summed E-state index contributed by atoms with van der Waals surface area (Å²) < 4.78 is 10.9. The van der Waals surface area contributed by atoms with Gasteiger partial charge in [0.1, 0.15) is 6.61 Å². The van der Waals surface area contributed by atoms with Gasteiger partial charge >= 0.3 is 5.97 Å². The Hall–Kier alpha value is -2.60. The van der Waals surface area contributed by atoms with Crippen molar-refractivity contribution >= 4 is 17.7 Å². The number of hydrogen-bond acceptors (Lipinski definition) is 6. The first-order valence-electron chi connectivity index (χ1n) is 7.89. The Morgan fingerprint density at radius 1 is 1.08 bits per heavy atom. The molecule has 0 atom stereocenters. The molecule has 0 spiro atoms. The molecule has 1 aromatic heterocycles. The van der Waals surface area contributed by atoms with Crippen molar-refractivity contribution in [2.75, 3.05) is 12.4 Å². The van der Waals surface area contributed by atoms with Gasteiger partial charge in [-0.05, 0) is 38.1 Å². The maximum atomic E-state index is 11.8. The monoisotopic (exact) mass is 354 g/mol. The second-order valence-corrected chi connectivity index (χ2v) is 6.65. The Labute approximate surface area is 150 Å². The van der Waals surface area contributed by atoms with Crippen LogP contribution < -0.4 is 0 Å². The van der Waals surface area contributed by atoms with Gasteiger partial charge in [0.15, 0.2) is 0 Å². The highest BCUT2D eigenvalue weighted by molar-refractivity contribution is 7.99. The lowest BCUT2D eigenvalue weighted by atomic mass is 10.1. The number of ether oxygens (including phenoxy) is 1. The van der Waals surface area contributed by atoms with E-state index in [-0.39, 0.29) is 12.6 Å². The van der Waals surface area contributed by atoms with Gasteiger partial charge in [-0.15, -0.1) is 10.2 Å². The molecule has 0 aliphatic heterocycles. The standard InChI is InChI=1S/C19H18N2O3S/c1-13-10-14(2)12-16(11-13)17-20-21-19(24-17)25-9-8-23-18(22)15-6-4-3-5-7-15/h3-7,10-12H,8-9H2,1-2H3. The number of thioether (sulfide) groups is 1. The van der Waals surface area contributed by atoms with E-state index in [1.165, 1.54) is 11.8 Å². The number of nitrogens with zero attached hydrogens (tertiary/aromatic N) is 2. The lowest BCUT2D eigenvalue weighted by Gasteiger charge is -2.03. The molecule has 0 fully saturated rings. The van der Waals surface area contributed by atoms with Crippen LogP contribution in [0, 0.1) is 13.8 Å². The number of rotatable bonds is 6. The van der Waals surface area contributed by atoms with E-state index in [4.69, 9.17) is 9.15 Å². The van der Waals surface area contributed by atoms with E-state index in [2.05, 4.69) is 16.3 Å². The molecule has 0 bridgehead atoms. The molecule has 3 aromatic rings. The van der Waals surface area contributed by atoms with Crippen LogP contribution in [-0.2, 0) is 4.74 Å². The molecule has 0 saturated carbocycles. The summed E-state index contributed by atoms with van der Waals surface area (Å²) in [5.41, 5.74) is 3.75. The fraction of sp³-hybridized carbons (Fsp3) is 0.211. The molecule has 2 aromatic carbocycles. The van der Waals surface area contributed by atoms with Crippen molar-refractivity contribution in [1.82, 2.24) is 10.2 Å². The van der Waals surface area contributed by atoms with Crippen molar-refractivity contribution in [3.05, 3.63) is 65.2 Å². The third kappa shape index (κ3) is 4.70. The molecule has 0 aliphatic carbocycles. The maximum Gasteiger partial charge on any atom is 0.338 e. The fourth-order valence-electron chi connectivity index (χ4n) is 2.40. The summed E-state index contributed by atoms with van der Waals surface area (Å²) in [4.78, 5) is 11.8. The van der Waals surface area contributed by atoms with Gasteiger partial charge < -0.3 is 9.15 Å². The summed E-state index contributed by atoms with van der Waals surface area (Å²) in [7, 11) is 0. The van der Waals surface area contributed by atoms with Crippen molar-refractivity contribution in [3.63, 3.8) is 0 Å². The summed E-state index contributed by atoms with van der Waals surface area (Å²) in [5.74, 6) is 0.714.